The zero-order valence-electron chi connectivity index (χ0n) is 58.1. The standard InChI is InChI=1S/C70H136O17P2/c1-9-63(8)49-41-33-27-29-37-45-53-70(75)87-66(56-80-67(72)50-42-34-24-20-15-13-11-10-12-14-18-22-30-38-46-60(2)3)59-85-89(78,79)83-55-64(71)54-82-88(76,77)84-58-65(57-81-68(73)51-43-35-28-26-32-40-48-62(6)7)86-69(74)52-44-36-25-21-17-16-19-23-31-39-47-61(4)5/h60-66,71H,9-59H2,1-8H3,(H,76,77)(H,78,79)/t63?,64-,65+,66+/m0/s1. The fraction of sp³-hybridized carbons (Fsp3) is 0.943. The van der Waals surface area contributed by atoms with Crippen molar-refractivity contribution < 1.29 is 80.2 Å². The maximum absolute atomic E-state index is 13.0. The van der Waals surface area contributed by atoms with Gasteiger partial charge >= 0.3 is 39.5 Å². The molecule has 528 valence electrons. The Morgan fingerprint density at radius 3 is 0.798 bits per heavy atom. The minimum atomic E-state index is -4.95. The Kier molecular flexibility index (Phi) is 58.5. The van der Waals surface area contributed by atoms with Crippen molar-refractivity contribution in [2.75, 3.05) is 39.6 Å². The van der Waals surface area contributed by atoms with Gasteiger partial charge in [0.2, 0.25) is 0 Å². The molecular formula is C70H136O17P2. The molecule has 0 radical (unpaired) electrons. The Morgan fingerprint density at radius 1 is 0.315 bits per heavy atom. The zero-order valence-corrected chi connectivity index (χ0v) is 59.8. The lowest BCUT2D eigenvalue weighted by Crippen LogP contribution is -2.30. The van der Waals surface area contributed by atoms with Crippen LogP contribution in [0.3, 0.4) is 0 Å². The first kappa shape index (κ1) is 87.1. The Bertz CT molecular complexity index is 1770. The van der Waals surface area contributed by atoms with E-state index < -0.39 is 97.5 Å². The number of rotatable bonds is 67. The number of hydrogen-bond acceptors (Lipinski definition) is 15. The summed E-state index contributed by atoms with van der Waals surface area (Å²) in [6.45, 7) is 14.0. The fourth-order valence-corrected chi connectivity index (χ4v) is 12.0. The molecular weight excluding hydrogens is 1170 g/mol. The van der Waals surface area contributed by atoms with Gasteiger partial charge in [-0.25, -0.2) is 9.13 Å². The highest BCUT2D eigenvalue weighted by molar-refractivity contribution is 7.47. The van der Waals surface area contributed by atoms with Crippen molar-refractivity contribution in [2.24, 2.45) is 23.7 Å². The van der Waals surface area contributed by atoms with Gasteiger partial charge in [-0.1, -0.05) is 293 Å². The van der Waals surface area contributed by atoms with Crippen LogP contribution in [0.25, 0.3) is 0 Å². The lowest BCUT2D eigenvalue weighted by Gasteiger charge is -2.21. The van der Waals surface area contributed by atoms with E-state index in [1.54, 1.807) is 0 Å². The van der Waals surface area contributed by atoms with Gasteiger partial charge in [0.05, 0.1) is 26.4 Å². The molecule has 0 spiro atoms. The molecule has 17 nitrogen and oxygen atoms in total. The van der Waals surface area contributed by atoms with E-state index in [2.05, 4.69) is 55.4 Å². The number of unbranched alkanes of at least 4 members (excludes halogenated alkanes) is 32. The molecule has 0 rings (SSSR count). The van der Waals surface area contributed by atoms with E-state index in [-0.39, 0.29) is 25.7 Å². The summed E-state index contributed by atoms with van der Waals surface area (Å²) in [6.07, 6.45) is 41.9. The van der Waals surface area contributed by atoms with Gasteiger partial charge in [0.25, 0.3) is 0 Å². The zero-order chi connectivity index (χ0) is 66.1. The smallest absolute Gasteiger partial charge is 0.462 e. The first-order chi connectivity index (χ1) is 42.6. The van der Waals surface area contributed by atoms with Gasteiger partial charge in [-0.15, -0.1) is 0 Å². The quantitative estimate of drug-likeness (QED) is 0.0222. The largest absolute Gasteiger partial charge is 0.472 e. The van der Waals surface area contributed by atoms with Crippen molar-refractivity contribution in [3.8, 4) is 0 Å². The number of aliphatic hydroxyl groups is 1. The van der Waals surface area contributed by atoms with E-state index in [1.807, 2.05) is 0 Å². The van der Waals surface area contributed by atoms with Gasteiger partial charge in [0.15, 0.2) is 12.2 Å². The molecule has 0 bridgehead atoms. The second-order valence-electron chi connectivity index (χ2n) is 26.9. The van der Waals surface area contributed by atoms with Crippen LogP contribution in [0.2, 0.25) is 0 Å². The second-order valence-corrected chi connectivity index (χ2v) is 29.8. The molecule has 3 unspecified atom stereocenters. The van der Waals surface area contributed by atoms with Crippen LogP contribution in [0.1, 0.15) is 344 Å². The summed E-state index contributed by atoms with van der Waals surface area (Å²) in [5.41, 5.74) is 0. The summed E-state index contributed by atoms with van der Waals surface area (Å²) in [5.74, 6) is 0.817. The minimum Gasteiger partial charge on any atom is -0.462 e. The third-order valence-electron chi connectivity index (χ3n) is 16.4. The average molecular weight is 1310 g/mol. The molecule has 3 N–H and O–H groups in total. The van der Waals surface area contributed by atoms with Crippen molar-refractivity contribution in [3.05, 3.63) is 0 Å². The van der Waals surface area contributed by atoms with E-state index in [1.165, 1.54) is 141 Å². The predicted molar refractivity (Wildman–Crippen MR) is 358 cm³/mol. The van der Waals surface area contributed by atoms with Crippen LogP contribution in [-0.2, 0) is 65.4 Å². The van der Waals surface area contributed by atoms with Gasteiger partial charge in [0.1, 0.15) is 19.3 Å². The highest BCUT2D eigenvalue weighted by Crippen LogP contribution is 2.45. The van der Waals surface area contributed by atoms with Crippen LogP contribution in [0.5, 0.6) is 0 Å². The molecule has 0 fully saturated rings. The molecule has 6 atom stereocenters. The lowest BCUT2D eigenvalue weighted by atomic mass is 10.00. The number of phosphoric acid groups is 2. The van der Waals surface area contributed by atoms with Crippen molar-refractivity contribution in [3.63, 3.8) is 0 Å². The minimum absolute atomic E-state index is 0.103. The summed E-state index contributed by atoms with van der Waals surface area (Å²) in [4.78, 5) is 72.5. The topological polar surface area (TPSA) is 237 Å². The van der Waals surface area contributed by atoms with E-state index >= 15 is 0 Å². The first-order valence-corrected chi connectivity index (χ1v) is 39.2. The number of carbonyl (C=O) groups excluding carboxylic acids is 4. The Labute approximate surface area is 543 Å². The number of esters is 4. The summed E-state index contributed by atoms with van der Waals surface area (Å²) >= 11 is 0. The summed E-state index contributed by atoms with van der Waals surface area (Å²) in [6, 6.07) is 0. The predicted octanol–water partition coefficient (Wildman–Crippen LogP) is 19.7. The van der Waals surface area contributed by atoms with Crippen LogP contribution in [-0.4, -0.2) is 96.7 Å². The third kappa shape index (κ3) is 63.2. The molecule has 0 aromatic rings. The van der Waals surface area contributed by atoms with Gasteiger partial charge in [-0.3, -0.25) is 37.3 Å². The van der Waals surface area contributed by atoms with Crippen LogP contribution < -0.4 is 0 Å². The first-order valence-electron chi connectivity index (χ1n) is 36.2. The van der Waals surface area contributed by atoms with Gasteiger partial charge in [-0.2, -0.15) is 0 Å². The summed E-state index contributed by atoms with van der Waals surface area (Å²) in [5, 5.41) is 10.6. The van der Waals surface area contributed by atoms with Crippen molar-refractivity contribution in [1.82, 2.24) is 0 Å². The van der Waals surface area contributed by atoms with E-state index in [0.717, 1.165) is 114 Å². The molecule has 0 saturated carbocycles. The Morgan fingerprint density at radius 2 is 0.539 bits per heavy atom. The summed E-state index contributed by atoms with van der Waals surface area (Å²) in [7, 11) is -9.90. The van der Waals surface area contributed by atoms with Crippen LogP contribution in [0.15, 0.2) is 0 Å². The monoisotopic (exact) mass is 1310 g/mol. The van der Waals surface area contributed by atoms with E-state index in [0.29, 0.717) is 31.6 Å². The molecule has 0 aromatic carbocycles. The highest BCUT2D eigenvalue weighted by atomic mass is 31.2. The van der Waals surface area contributed by atoms with Crippen molar-refractivity contribution >= 4 is 39.5 Å². The van der Waals surface area contributed by atoms with Gasteiger partial charge < -0.3 is 33.8 Å². The molecule has 0 aliphatic carbocycles. The molecule has 19 heteroatoms. The van der Waals surface area contributed by atoms with Crippen LogP contribution in [0, 0.1) is 23.7 Å². The normalized spacial score (nSPS) is 14.6. The SMILES string of the molecule is CCC(C)CCCCCCCCC(=O)O[C@H](COC(=O)CCCCCCCCCCCCCCCCC(C)C)COP(=O)(O)OC[C@@H](O)COP(=O)(O)OC[C@@H](COC(=O)CCCCCCCCC(C)C)OC(=O)CCCCCCCCCCCCC(C)C. The molecule has 0 amide bonds. The average Bonchev–Trinajstić information content (AvgIpc) is 3.49. The maximum Gasteiger partial charge on any atom is 0.472 e. The van der Waals surface area contributed by atoms with Crippen LogP contribution in [0.4, 0.5) is 0 Å². The highest BCUT2D eigenvalue weighted by Gasteiger charge is 2.30. The summed E-state index contributed by atoms with van der Waals surface area (Å²) < 4.78 is 68.2. The molecule has 0 aliphatic rings. The van der Waals surface area contributed by atoms with E-state index in [4.69, 9.17) is 37.0 Å². The number of aliphatic hydroxyl groups excluding tert-OH is 1. The second kappa shape index (κ2) is 59.8. The maximum atomic E-state index is 13.0. The van der Waals surface area contributed by atoms with Crippen LogP contribution >= 0.6 is 15.6 Å². The number of hydrogen-bond donors (Lipinski definition) is 3. The fourth-order valence-electron chi connectivity index (χ4n) is 10.5. The molecule has 0 aliphatic heterocycles. The van der Waals surface area contributed by atoms with Gasteiger partial charge in [-0.05, 0) is 49.4 Å². The molecule has 0 aromatic heterocycles. The number of ether oxygens (including phenoxy) is 4. The number of phosphoric ester groups is 2. The van der Waals surface area contributed by atoms with E-state index in [9.17, 15) is 43.2 Å². The molecule has 89 heavy (non-hydrogen) atoms. The number of carbonyl (C=O) groups is 4. The molecule has 0 heterocycles. The third-order valence-corrected chi connectivity index (χ3v) is 18.3. The van der Waals surface area contributed by atoms with Crippen molar-refractivity contribution in [1.29, 1.82) is 0 Å². The Hall–Kier alpha value is -1.94. The van der Waals surface area contributed by atoms with Gasteiger partial charge in [0, 0.05) is 25.7 Å². The molecule has 0 saturated heterocycles. The lowest BCUT2D eigenvalue weighted by molar-refractivity contribution is -0.161. The van der Waals surface area contributed by atoms with Crippen molar-refractivity contribution in [2.45, 2.75) is 363 Å². The Balaban J connectivity index is 5.20.